The maximum Gasteiger partial charge on any atom is 0.181 e. The van der Waals surface area contributed by atoms with E-state index in [0.29, 0.717) is 5.69 Å². The van der Waals surface area contributed by atoms with Gasteiger partial charge < -0.3 is 9.97 Å². The number of aromatic nitrogens is 3. The van der Waals surface area contributed by atoms with Crippen molar-refractivity contribution in [1.82, 2.24) is 15.0 Å². The number of rotatable bonds is 4. The van der Waals surface area contributed by atoms with Gasteiger partial charge in [0.2, 0.25) is 0 Å². The second-order valence-electron chi connectivity index (χ2n) is 5.07. The fourth-order valence-electron chi connectivity index (χ4n) is 2.36. The summed E-state index contributed by atoms with van der Waals surface area (Å²) in [4.78, 5) is 22.7. The molecule has 0 saturated heterocycles. The maximum atomic E-state index is 12.2. The highest BCUT2D eigenvalue weighted by atomic mass is 16.1. The number of hydrogen-bond donors (Lipinski definition) is 2. The van der Waals surface area contributed by atoms with Crippen LogP contribution in [0, 0.1) is 5.92 Å². The molecule has 0 aliphatic heterocycles. The van der Waals surface area contributed by atoms with Crippen LogP contribution in [0.15, 0.2) is 36.8 Å². The molecule has 3 rings (SSSR count). The number of hydrogen-bond acceptors (Lipinski definition) is 2. The van der Waals surface area contributed by atoms with E-state index in [2.05, 4.69) is 15.0 Å². The molecule has 0 aromatic carbocycles. The van der Waals surface area contributed by atoms with Crippen molar-refractivity contribution in [2.45, 2.75) is 20.3 Å². The number of nitrogens with zero attached hydrogens (tertiary/aromatic N) is 1. The van der Waals surface area contributed by atoms with E-state index in [0.717, 1.165) is 28.6 Å². The topological polar surface area (TPSA) is 61.5 Å². The summed E-state index contributed by atoms with van der Waals surface area (Å²) in [7, 11) is 0. The zero-order valence-corrected chi connectivity index (χ0v) is 11.6. The fourth-order valence-corrected chi connectivity index (χ4v) is 2.36. The first kappa shape index (κ1) is 12.7. The zero-order chi connectivity index (χ0) is 14.1. The summed E-state index contributed by atoms with van der Waals surface area (Å²) in [6.07, 6.45) is 6.39. The molecule has 3 aromatic rings. The van der Waals surface area contributed by atoms with E-state index in [1.807, 2.05) is 44.4 Å². The van der Waals surface area contributed by atoms with Crippen LogP contribution in [0.5, 0.6) is 0 Å². The van der Waals surface area contributed by atoms with Gasteiger partial charge in [-0.15, -0.1) is 0 Å². The molecule has 0 saturated carbocycles. The Morgan fingerprint density at radius 3 is 3.00 bits per heavy atom. The van der Waals surface area contributed by atoms with E-state index in [1.165, 1.54) is 0 Å². The van der Waals surface area contributed by atoms with Crippen LogP contribution in [0.3, 0.4) is 0 Å². The molecule has 102 valence electrons. The lowest BCUT2D eigenvalue weighted by Crippen LogP contribution is -2.10. The van der Waals surface area contributed by atoms with Gasteiger partial charge in [-0.1, -0.05) is 13.8 Å². The summed E-state index contributed by atoms with van der Waals surface area (Å²) >= 11 is 0. The molecule has 0 amide bonds. The standard InChI is InChI=1S/C16H17N3O/c1-3-10(2)15(20)14-8-11(9-19-14)12-4-6-17-16-13(12)5-7-18-16/h4-10,19H,3H2,1-2H3,(H,17,18). The molecule has 0 spiro atoms. The second-order valence-corrected chi connectivity index (χ2v) is 5.07. The van der Waals surface area contributed by atoms with Crippen LogP contribution < -0.4 is 0 Å². The lowest BCUT2D eigenvalue weighted by molar-refractivity contribution is 0.0923. The van der Waals surface area contributed by atoms with Crippen LogP contribution >= 0.6 is 0 Å². The van der Waals surface area contributed by atoms with E-state index in [9.17, 15) is 4.79 Å². The Bertz CT molecular complexity index is 754. The summed E-state index contributed by atoms with van der Waals surface area (Å²) in [5, 5.41) is 1.06. The molecule has 0 aliphatic rings. The average molecular weight is 267 g/mol. The normalized spacial score (nSPS) is 12.7. The molecule has 3 aromatic heterocycles. The van der Waals surface area contributed by atoms with Gasteiger partial charge in [-0.2, -0.15) is 0 Å². The largest absolute Gasteiger partial charge is 0.358 e. The third-order valence-corrected chi connectivity index (χ3v) is 3.78. The highest BCUT2D eigenvalue weighted by Crippen LogP contribution is 2.28. The first-order valence-corrected chi connectivity index (χ1v) is 6.85. The zero-order valence-electron chi connectivity index (χ0n) is 11.6. The highest BCUT2D eigenvalue weighted by Gasteiger charge is 2.16. The number of fused-ring (bicyclic) bond motifs is 1. The molecule has 1 atom stereocenters. The van der Waals surface area contributed by atoms with E-state index < -0.39 is 0 Å². The number of pyridine rings is 1. The molecule has 3 heterocycles. The van der Waals surface area contributed by atoms with Gasteiger partial charge in [0.05, 0.1) is 5.69 Å². The SMILES string of the molecule is CCC(C)C(=O)c1cc(-c2ccnc3[nH]ccc23)c[nH]1. The van der Waals surface area contributed by atoms with Gasteiger partial charge in [-0.05, 0) is 30.2 Å². The van der Waals surface area contributed by atoms with Crippen LogP contribution in [0.2, 0.25) is 0 Å². The first-order chi connectivity index (χ1) is 9.70. The fraction of sp³-hybridized carbons (Fsp3) is 0.250. The van der Waals surface area contributed by atoms with Gasteiger partial charge >= 0.3 is 0 Å². The van der Waals surface area contributed by atoms with Crippen LogP contribution in [0.25, 0.3) is 22.2 Å². The summed E-state index contributed by atoms with van der Waals surface area (Å²) < 4.78 is 0. The molecule has 1 unspecified atom stereocenters. The van der Waals surface area contributed by atoms with Crippen LogP contribution in [0.4, 0.5) is 0 Å². The number of aromatic amines is 2. The quantitative estimate of drug-likeness (QED) is 0.706. The molecule has 2 N–H and O–H groups in total. The van der Waals surface area contributed by atoms with Crippen LogP contribution in [0.1, 0.15) is 30.8 Å². The van der Waals surface area contributed by atoms with E-state index in [4.69, 9.17) is 0 Å². The Kier molecular flexibility index (Phi) is 3.14. The number of nitrogens with one attached hydrogen (secondary N) is 2. The van der Waals surface area contributed by atoms with Crippen molar-refractivity contribution >= 4 is 16.8 Å². The lowest BCUT2D eigenvalue weighted by Gasteiger charge is -2.04. The van der Waals surface area contributed by atoms with Gasteiger partial charge in [0, 0.05) is 35.5 Å². The molecule has 0 bridgehead atoms. The molecule has 0 aliphatic carbocycles. The minimum atomic E-state index is 0.0474. The molecular weight excluding hydrogens is 250 g/mol. The van der Waals surface area contributed by atoms with Crippen molar-refractivity contribution in [2.75, 3.05) is 0 Å². The summed E-state index contributed by atoms with van der Waals surface area (Å²) in [6.45, 7) is 3.98. The Labute approximate surface area is 117 Å². The second kappa shape index (κ2) is 4.96. The molecule has 4 heteroatoms. The number of H-pyrrole nitrogens is 2. The Morgan fingerprint density at radius 2 is 2.20 bits per heavy atom. The Morgan fingerprint density at radius 1 is 1.35 bits per heavy atom. The first-order valence-electron chi connectivity index (χ1n) is 6.85. The predicted molar refractivity (Wildman–Crippen MR) is 79.7 cm³/mol. The van der Waals surface area contributed by atoms with Crippen molar-refractivity contribution in [3.63, 3.8) is 0 Å². The van der Waals surface area contributed by atoms with E-state index in [1.54, 1.807) is 6.20 Å². The van der Waals surface area contributed by atoms with Gasteiger partial charge in [0.15, 0.2) is 5.78 Å². The average Bonchev–Trinajstić information content (AvgIpc) is 3.13. The summed E-state index contributed by atoms with van der Waals surface area (Å²) in [6, 6.07) is 5.90. The molecule has 0 fully saturated rings. The Balaban J connectivity index is 2.02. The van der Waals surface area contributed by atoms with Crippen LogP contribution in [-0.2, 0) is 0 Å². The van der Waals surface area contributed by atoms with Crippen molar-refractivity contribution < 1.29 is 4.79 Å². The van der Waals surface area contributed by atoms with E-state index in [-0.39, 0.29) is 11.7 Å². The van der Waals surface area contributed by atoms with Gasteiger partial charge in [0.25, 0.3) is 0 Å². The minimum absolute atomic E-state index is 0.0474. The van der Waals surface area contributed by atoms with Gasteiger partial charge in [-0.25, -0.2) is 4.98 Å². The summed E-state index contributed by atoms with van der Waals surface area (Å²) in [5.41, 5.74) is 3.63. The monoisotopic (exact) mass is 267 g/mol. The maximum absolute atomic E-state index is 12.2. The highest BCUT2D eigenvalue weighted by molar-refractivity contribution is 5.99. The smallest absolute Gasteiger partial charge is 0.181 e. The molecular formula is C16H17N3O. The van der Waals surface area contributed by atoms with Crippen molar-refractivity contribution in [3.05, 3.63) is 42.5 Å². The van der Waals surface area contributed by atoms with Crippen molar-refractivity contribution in [2.24, 2.45) is 5.92 Å². The molecule has 4 nitrogen and oxygen atoms in total. The lowest BCUT2D eigenvalue weighted by atomic mass is 10.0. The van der Waals surface area contributed by atoms with Crippen LogP contribution in [-0.4, -0.2) is 20.7 Å². The van der Waals surface area contributed by atoms with E-state index >= 15 is 0 Å². The predicted octanol–water partition coefficient (Wildman–Crippen LogP) is 3.79. The van der Waals surface area contributed by atoms with Gasteiger partial charge in [0.1, 0.15) is 5.65 Å². The third kappa shape index (κ3) is 2.03. The third-order valence-electron chi connectivity index (χ3n) is 3.78. The number of carbonyl (C=O) groups excluding carboxylic acids is 1. The summed E-state index contributed by atoms with van der Waals surface area (Å²) in [5.74, 6) is 0.212. The van der Waals surface area contributed by atoms with Gasteiger partial charge in [-0.3, -0.25) is 4.79 Å². The van der Waals surface area contributed by atoms with Crippen molar-refractivity contribution in [1.29, 1.82) is 0 Å². The number of carbonyl (C=O) groups is 1. The molecule has 20 heavy (non-hydrogen) atoms. The van der Waals surface area contributed by atoms with Crippen molar-refractivity contribution in [3.8, 4) is 11.1 Å². The number of ketones is 1. The Hall–Kier alpha value is -2.36. The minimum Gasteiger partial charge on any atom is -0.358 e. The molecule has 0 radical (unpaired) electrons. The number of Topliss-reactive ketones (excluding diaryl/α,β-unsaturated/α-hetero) is 1.